The number of methoxy groups -OCH3 is 1. The Labute approximate surface area is 472 Å². The lowest BCUT2D eigenvalue weighted by atomic mass is 9.96. The van der Waals surface area contributed by atoms with Crippen LogP contribution in [0.3, 0.4) is 0 Å². The smallest absolute Gasteiger partial charge is 0.411 e. The Morgan fingerprint density at radius 3 is 1.65 bits per heavy atom. The number of nitrogens with zero attached hydrogens (tertiary/aromatic N) is 9. The Morgan fingerprint density at radius 1 is 0.728 bits per heavy atom. The number of esters is 1. The zero-order valence-corrected chi connectivity index (χ0v) is 46.8. The van der Waals surface area contributed by atoms with E-state index in [4.69, 9.17) is 15.2 Å². The normalized spacial score (nSPS) is 13.9. The molecule has 6 heterocycles. The Hall–Kier alpha value is -8.41. The van der Waals surface area contributed by atoms with Gasteiger partial charge in [0.05, 0.1) is 59.8 Å². The molecular weight excluding hydrogens is 1120 g/mol. The van der Waals surface area contributed by atoms with E-state index in [-0.39, 0.29) is 19.6 Å². The molecule has 1 fully saturated rings. The third-order valence-electron chi connectivity index (χ3n) is 13.1. The van der Waals surface area contributed by atoms with Gasteiger partial charge in [0.15, 0.2) is 0 Å². The van der Waals surface area contributed by atoms with E-state index >= 15 is 8.78 Å². The highest BCUT2D eigenvalue weighted by Gasteiger charge is 2.46. The van der Waals surface area contributed by atoms with Crippen molar-refractivity contribution in [2.75, 3.05) is 88.8 Å². The molecule has 0 aliphatic carbocycles. The molecule has 9 rings (SSSR count). The number of morpholine rings is 1. The zero-order chi connectivity index (χ0) is 58.7. The van der Waals surface area contributed by atoms with Gasteiger partial charge in [-0.1, -0.05) is 36.4 Å². The second-order valence-corrected chi connectivity index (χ2v) is 19.8. The number of anilines is 4. The number of amides is 1. The summed E-state index contributed by atoms with van der Waals surface area (Å²) in [6, 6.07) is 23.0. The predicted octanol–water partition coefficient (Wildman–Crippen LogP) is 9.15. The lowest BCUT2D eigenvalue weighted by Crippen LogP contribution is -2.53. The average molecular weight is 1180 g/mol. The molecule has 1 aliphatic heterocycles. The van der Waals surface area contributed by atoms with E-state index in [0.29, 0.717) is 46.3 Å². The number of hydrogen-bond acceptors (Lipinski definition) is 15. The number of carbonyl (C=O) groups is 3. The first kappa shape index (κ1) is 60.2. The number of aliphatic carboxylic acids is 1. The van der Waals surface area contributed by atoms with Gasteiger partial charge in [-0.05, 0) is 94.1 Å². The summed E-state index contributed by atoms with van der Waals surface area (Å²) in [7, 11) is 13.0. The van der Waals surface area contributed by atoms with E-state index in [1.165, 1.54) is 7.11 Å². The molecule has 4 N–H and O–H groups in total. The van der Waals surface area contributed by atoms with Crippen LogP contribution in [0.2, 0.25) is 0 Å². The molecule has 3 aromatic carbocycles. The molecule has 1 saturated heterocycles. The maximum Gasteiger partial charge on any atom is 0.411 e. The summed E-state index contributed by atoms with van der Waals surface area (Å²) in [6.45, 7) is -1.10. The van der Waals surface area contributed by atoms with Crippen molar-refractivity contribution in [2.24, 2.45) is 5.73 Å². The van der Waals surface area contributed by atoms with Crippen LogP contribution in [0.1, 0.15) is 21.5 Å². The number of ether oxygens (including phenoxy) is 2. The van der Waals surface area contributed by atoms with Crippen molar-refractivity contribution >= 4 is 78.3 Å². The first-order valence-corrected chi connectivity index (χ1v) is 25.9. The molecule has 1 aliphatic rings. The van der Waals surface area contributed by atoms with Crippen molar-refractivity contribution < 1.29 is 50.9 Å². The first-order valence-electron chi connectivity index (χ1n) is 25.1. The molecule has 1 amide bonds. The van der Waals surface area contributed by atoms with Crippen molar-refractivity contribution in [3.8, 4) is 22.5 Å². The van der Waals surface area contributed by atoms with E-state index in [1.54, 1.807) is 61.3 Å². The van der Waals surface area contributed by atoms with E-state index in [2.05, 4.69) is 46.2 Å². The number of aromatic nitrogens is 5. The molecule has 23 heteroatoms. The number of carboxylic acid groups (broad SMARTS) is 1. The fourth-order valence-electron chi connectivity index (χ4n) is 9.09. The van der Waals surface area contributed by atoms with Gasteiger partial charge in [-0.2, -0.15) is 13.2 Å². The van der Waals surface area contributed by atoms with Crippen molar-refractivity contribution in [3.63, 3.8) is 0 Å². The third-order valence-corrected chi connectivity index (χ3v) is 13.7. The van der Waals surface area contributed by atoms with Crippen LogP contribution in [-0.4, -0.2) is 141 Å². The largest absolute Gasteiger partial charge is 0.480 e. The number of rotatable bonds is 14. The summed E-state index contributed by atoms with van der Waals surface area (Å²) in [6.07, 6.45) is 3.90. The van der Waals surface area contributed by atoms with Crippen LogP contribution in [0.4, 0.5) is 44.7 Å². The number of carbonyl (C=O) groups excluding carboxylic acids is 2. The number of benzene rings is 3. The van der Waals surface area contributed by atoms with Crippen LogP contribution in [0.5, 0.6) is 0 Å². The Morgan fingerprint density at radius 2 is 1.20 bits per heavy atom. The van der Waals surface area contributed by atoms with Gasteiger partial charge in [0.2, 0.25) is 0 Å². The van der Waals surface area contributed by atoms with E-state index < -0.39 is 71.6 Å². The SMILES string of the molecule is CN(C)c1cccnc1-c1ccc(C[C@H](NC(=O)c2c(F)cc(N3CCOC[C@@H]3C(F)(F)F)cc2F)C(=O)O)c2cccnc12.CN(C)c1cccnc1Br.COC(=O)[C@@H](N)Cc1ccc(-c2ncccc2N(C)C)c2ncccc12. The standard InChI is InChI=1S/C31H28F5N5O4.C20H22N4O2.C7H9BrN2/c1-40(2)24-6-4-10-38-28(24)20-8-7-17(19-5-3-9-37-27(19)20)13-23(30(43)44)39-29(42)26-21(32)14-18(15-22(26)33)41-11-12-45-16-25(41)31(34,35)36;1-24(2)17-7-5-11-23-19(17)15-9-8-13(12-16(21)20(25)26-3)14-6-4-10-22-18(14)15;1-10(2)6-4-3-5-9-7(6)8/h3-10,14-15,23,25H,11-13,16H2,1-2H3,(H,39,42)(H,43,44);4-11,16H,12,21H2,1-3H3;3-5H,1-2H3/t23-,25+;16-;/m00./s1. The molecule has 0 unspecified atom stereocenters. The van der Waals surface area contributed by atoms with Crippen LogP contribution in [0.25, 0.3) is 44.3 Å². The minimum Gasteiger partial charge on any atom is -0.480 e. The van der Waals surface area contributed by atoms with Crippen molar-refractivity contribution in [3.05, 3.63) is 161 Å². The van der Waals surface area contributed by atoms with E-state index in [0.717, 1.165) is 54.3 Å². The lowest BCUT2D eigenvalue weighted by Gasteiger charge is -2.38. The molecule has 0 radical (unpaired) electrons. The second kappa shape index (κ2) is 26.7. The number of fused-ring (bicyclic) bond motifs is 2. The fourth-order valence-corrected chi connectivity index (χ4v) is 9.70. The number of nitrogens with two attached hydrogens (primary N) is 1. The quantitative estimate of drug-likeness (QED) is 0.0527. The highest BCUT2D eigenvalue weighted by atomic mass is 79.9. The summed E-state index contributed by atoms with van der Waals surface area (Å²) in [5, 5.41) is 13.6. The van der Waals surface area contributed by atoms with Crippen molar-refractivity contribution in [2.45, 2.75) is 37.1 Å². The maximum atomic E-state index is 15.1. The molecule has 8 aromatic rings. The van der Waals surface area contributed by atoms with Crippen LogP contribution < -0.4 is 30.7 Å². The molecule has 424 valence electrons. The van der Waals surface area contributed by atoms with Crippen molar-refractivity contribution in [1.29, 1.82) is 0 Å². The number of halogens is 6. The Kier molecular flexibility index (Phi) is 19.9. The second-order valence-electron chi connectivity index (χ2n) is 19.1. The molecule has 0 bridgehead atoms. The maximum absolute atomic E-state index is 15.1. The third kappa shape index (κ3) is 14.3. The van der Waals surface area contributed by atoms with E-state index in [9.17, 15) is 32.7 Å². The van der Waals surface area contributed by atoms with Gasteiger partial charge >= 0.3 is 18.1 Å². The van der Waals surface area contributed by atoms with Gasteiger partial charge in [0.1, 0.15) is 39.9 Å². The summed E-state index contributed by atoms with van der Waals surface area (Å²) >= 11 is 3.34. The van der Waals surface area contributed by atoms with Gasteiger partial charge in [-0.25, -0.2) is 18.6 Å². The van der Waals surface area contributed by atoms with Gasteiger partial charge in [0, 0.05) is 114 Å². The Balaban J connectivity index is 0.000000219. The summed E-state index contributed by atoms with van der Waals surface area (Å²) in [5.74, 6) is -6.15. The molecule has 0 saturated carbocycles. The summed E-state index contributed by atoms with van der Waals surface area (Å²) in [4.78, 5) is 65.8. The minimum absolute atomic E-state index is 0.0950. The summed E-state index contributed by atoms with van der Waals surface area (Å²) in [5.41, 5.74) is 13.3. The van der Waals surface area contributed by atoms with Gasteiger partial charge in [-0.15, -0.1) is 0 Å². The number of carboxylic acids is 1. The molecule has 17 nitrogen and oxygen atoms in total. The fraction of sp³-hybridized carbons (Fsp3) is 0.276. The van der Waals surface area contributed by atoms with Gasteiger partial charge in [-0.3, -0.25) is 29.5 Å². The molecule has 3 atom stereocenters. The number of alkyl halides is 3. The first-order chi connectivity index (χ1) is 38.6. The minimum atomic E-state index is -4.73. The molecular formula is C58H59BrF5N11O6. The molecule has 5 aromatic heterocycles. The van der Waals surface area contributed by atoms with Crippen LogP contribution in [0, 0.1) is 11.6 Å². The van der Waals surface area contributed by atoms with Crippen LogP contribution >= 0.6 is 15.9 Å². The van der Waals surface area contributed by atoms with Crippen LogP contribution in [-0.2, 0) is 31.9 Å². The topological polar surface area (TPSA) is 205 Å². The van der Waals surface area contributed by atoms with Gasteiger partial charge < -0.3 is 45.2 Å². The monoisotopic (exact) mass is 1180 g/mol. The Bertz CT molecular complexity index is 3520. The number of hydrogen-bond donors (Lipinski definition) is 3. The lowest BCUT2D eigenvalue weighted by molar-refractivity contribution is -0.167. The van der Waals surface area contributed by atoms with Crippen molar-refractivity contribution in [1.82, 2.24) is 30.2 Å². The number of pyridine rings is 5. The predicted molar refractivity (Wildman–Crippen MR) is 306 cm³/mol. The average Bonchev–Trinajstić information content (AvgIpc) is 3.53. The highest BCUT2D eigenvalue weighted by Crippen LogP contribution is 2.37. The van der Waals surface area contributed by atoms with E-state index in [1.807, 2.05) is 112 Å². The summed E-state index contributed by atoms with van der Waals surface area (Å²) < 4.78 is 81.3. The van der Waals surface area contributed by atoms with Gasteiger partial charge in [0.25, 0.3) is 5.91 Å². The highest BCUT2D eigenvalue weighted by molar-refractivity contribution is 9.10. The molecule has 0 spiro atoms. The number of nitrogens with one attached hydrogen (secondary N) is 1. The zero-order valence-electron chi connectivity index (χ0n) is 45.3. The van der Waals surface area contributed by atoms with Crippen LogP contribution in [0.15, 0.2) is 133 Å². The molecule has 81 heavy (non-hydrogen) atoms.